The van der Waals surface area contributed by atoms with E-state index >= 15 is 0 Å². The van der Waals surface area contributed by atoms with Gasteiger partial charge < -0.3 is 5.43 Å². The van der Waals surface area contributed by atoms with Crippen LogP contribution in [0.5, 0.6) is 0 Å². The zero-order chi connectivity index (χ0) is 8.20. The van der Waals surface area contributed by atoms with Crippen molar-refractivity contribution in [1.29, 1.82) is 0 Å². The number of nitrogens with zero attached hydrogens (tertiary/aromatic N) is 1. The first-order valence-corrected chi connectivity index (χ1v) is 6.77. The second-order valence-corrected chi connectivity index (χ2v) is 8.42. The van der Waals surface area contributed by atoms with E-state index in [1.54, 1.807) is 0 Å². The molecule has 0 fully saturated rings. The van der Waals surface area contributed by atoms with Crippen molar-refractivity contribution in [3.8, 4) is 0 Å². The molecule has 3 heteroatoms. The fourth-order valence-electron chi connectivity index (χ4n) is 0.913. The van der Waals surface area contributed by atoms with Crippen LogP contribution in [0.25, 0.3) is 0 Å². The van der Waals surface area contributed by atoms with E-state index in [0.29, 0.717) is 0 Å². The molecule has 0 aliphatic carbocycles. The van der Waals surface area contributed by atoms with Crippen LogP contribution in [0.1, 0.15) is 6.92 Å². The van der Waals surface area contributed by atoms with E-state index in [0.717, 1.165) is 6.16 Å². The topological polar surface area (TPSA) is 24.4 Å². The SMILES string of the molecule is CN/N=C(\C)C[P+](C)(C)C. The molecule has 2 nitrogen and oxygen atoms in total. The summed E-state index contributed by atoms with van der Waals surface area (Å²) in [6.07, 6.45) is 1.16. The van der Waals surface area contributed by atoms with Crippen molar-refractivity contribution in [2.24, 2.45) is 5.10 Å². The monoisotopic (exact) mass is 161 g/mol. The van der Waals surface area contributed by atoms with Gasteiger partial charge in [0.25, 0.3) is 0 Å². The molecule has 0 atom stereocenters. The van der Waals surface area contributed by atoms with Gasteiger partial charge in [0, 0.05) is 34.3 Å². The maximum absolute atomic E-state index is 4.10. The van der Waals surface area contributed by atoms with E-state index in [-0.39, 0.29) is 0 Å². The Kier molecular flexibility index (Phi) is 3.88. The van der Waals surface area contributed by atoms with Crippen molar-refractivity contribution < 1.29 is 0 Å². The molecule has 10 heavy (non-hydrogen) atoms. The molecule has 0 heterocycles. The van der Waals surface area contributed by atoms with E-state index in [1.807, 2.05) is 7.05 Å². The summed E-state index contributed by atoms with van der Waals surface area (Å²) in [6, 6.07) is 0. The van der Waals surface area contributed by atoms with E-state index in [1.165, 1.54) is 5.71 Å². The molecule has 0 aliphatic rings. The molecule has 0 spiro atoms. The smallest absolute Gasteiger partial charge is 0.0980 e. The maximum atomic E-state index is 4.10. The van der Waals surface area contributed by atoms with Crippen molar-refractivity contribution in [2.75, 3.05) is 33.2 Å². The molecule has 0 saturated carbocycles. The highest BCUT2D eigenvalue weighted by Gasteiger charge is 2.17. The normalized spacial score (nSPS) is 13.5. The molecule has 0 rings (SSSR count). The molecule has 0 aromatic carbocycles. The predicted molar refractivity (Wildman–Crippen MR) is 51.7 cm³/mol. The summed E-state index contributed by atoms with van der Waals surface area (Å²) in [5.41, 5.74) is 4.01. The Balaban J connectivity index is 3.79. The first-order chi connectivity index (χ1) is 4.45. The molecule has 1 N–H and O–H groups in total. The highest BCUT2D eigenvalue weighted by Crippen LogP contribution is 2.45. The summed E-state index contributed by atoms with van der Waals surface area (Å²) in [6.45, 7) is 9.03. The molecule has 0 radical (unpaired) electrons. The minimum Gasteiger partial charge on any atom is -0.313 e. The van der Waals surface area contributed by atoms with Crippen molar-refractivity contribution >= 4 is 13.0 Å². The highest BCUT2D eigenvalue weighted by molar-refractivity contribution is 7.74. The molecule has 0 amide bonds. The van der Waals surface area contributed by atoms with E-state index in [2.05, 4.69) is 37.4 Å². The van der Waals surface area contributed by atoms with Gasteiger partial charge in [-0.05, 0) is 6.92 Å². The Morgan fingerprint density at radius 2 is 1.90 bits per heavy atom. The fraction of sp³-hybridized carbons (Fsp3) is 0.857. The molecule has 0 saturated heterocycles. The second kappa shape index (κ2) is 3.92. The third-order valence-electron chi connectivity index (χ3n) is 1.01. The lowest BCUT2D eigenvalue weighted by molar-refractivity contribution is 0.898. The van der Waals surface area contributed by atoms with Gasteiger partial charge in [0.1, 0.15) is 0 Å². The molecule has 0 aromatic heterocycles. The van der Waals surface area contributed by atoms with Gasteiger partial charge in [0.15, 0.2) is 0 Å². The zero-order valence-corrected chi connectivity index (χ0v) is 8.50. The van der Waals surface area contributed by atoms with Gasteiger partial charge >= 0.3 is 0 Å². The third kappa shape index (κ3) is 6.03. The van der Waals surface area contributed by atoms with Crippen LogP contribution < -0.4 is 5.43 Å². The lowest BCUT2D eigenvalue weighted by atomic mass is 10.5. The van der Waals surface area contributed by atoms with Gasteiger partial charge in [-0.2, -0.15) is 5.10 Å². The van der Waals surface area contributed by atoms with E-state index < -0.39 is 7.26 Å². The van der Waals surface area contributed by atoms with Gasteiger partial charge in [-0.25, -0.2) is 0 Å². The first kappa shape index (κ1) is 9.90. The molecule has 0 bridgehead atoms. The number of hydrazone groups is 1. The van der Waals surface area contributed by atoms with Crippen molar-refractivity contribution in [2.45, 2.75) is 6.92 Å². The van der Waals surface area contributed by atoms with E-state index in [9.17, 15) is 0 Å². The van der Waals surface area contributed by atoms with Crippen LogP contribution in [-0.4, -0.2) is 38.9 Å². The average Bonchev–Trinajstić information content (AvgIpc) is 1.59. The lowest BCUT2D eigenvalue weighted by Crippen LogP contribution is -2.08. The Labute approximate surface area is 64.4 Å². The summed E-state index contributed by atoms with van der Waals surface area (Å²) in [4.78, 5) is 0. The zero-order valence-electron chi connectivity index (χ0n) is 7.60. The fourth-order valence-corrected chi connectivity index (χ4v) is 2.36. The third-order valence-corrected chi connectivity index (χ3v) is 2.41. The summed E-state index contributed by atoms with van der Waals surface area (Å²) in [7, 11) is 1.17. The van der Waals surface area contributed by atoms with Gasteiger partial charge in [-0.1, -0.05) is 0 Å². The Morgan fingerprint density at radius 3 is 2.20 bits per heavy atom. The van der Waals surface area contributed by atoms with Crippen LogP contribution in [-0.2, 0) is 0 Å². The number of nitrogens with one attached hydrogen (secondary N) is 1. The standard InChI is InChI=1S/C7H18N2P/c1-7(9-8-2)6-10(3,4)5/h8H,6H2,1-5H3/q+1/b9-7+. The lowest BCUT2D eigenvalue weighted by Gasteiger charge is -2.10. The Bertz CT molecular complexity index is 124. The van der Waals surface area contributed by atoms with Crippen LogP contribution in [0.3, 0.4) is 0 Å². The van der Waals surface area contributed by atoms with Crippen molar-refractivity contribution in [3.05, 3.63) is 0 Å². The summed E-state index contributed by atoms with van der Waals surface area (Å²) in [5.74, 6) is 0. The Hall–Kier alpha value is -0.100. The maximum Gasteiger partial charge on any atom is 0.0980 e. The number of rotatable bonds is 3. The van der Waals surface area contributed by atoms with Gasteiger partial charge in [0.2, 0.25) is 0 Å². The average molecular weight is 161 g/mol. The van der Waals surface area contributed by atoms with Crippen LogP contribution in [0.4, 0.5) is 0 Å². The molecule has 0 unspecified atom stereocenters. The van der Waals surface area contributed by atoms with Crippen LogP contribution in [0.15, 0.2) is 5.10 Å². The largest absolute Gasteiger partial charge is 0.313 e. The van der Waals surface area contributed by atoms with Crippen molar-refractivity contribution in [3.63, 3.8) is 0 Å². The van der Waals surface area contributed by atoms with Gasteiger partial charge in [-0.15, -0.1) is 0 Å². The van der Waals surface area contributed by atoms with Crippen molar-refractivity contribution in [1.82, 2.24) is 5.43 Å². The molecular weight excluding hydrogens is 143 g/mol. The quantitative estimate of drug-likeness (QED) is 0.378. The molecule has 60 valence electrons. The summed E-state index contributed by atoms with van der Waals surface area (Å²) >= 11 is 0. The first-order valence-electron chi connectivity index (χ1n) is 3.46. The Morgan fingerprint density at radius 1 is 1.40 bits per heavy atom. The van der Waals surface area contributed by atoms with Gasteiger partial charge in [-0.3, -0.25) is 0 Å². The minimum absolute atomic E-state index is 0.672. The van der Waals surface area contributed by atoms with E-state index in [4.69, 9.17) is 0 Å². The molecule has 0 aliphatic heterocycles. The van der Waals surface area contributed by atoms with Crippen LogP contribution >= 0.6 is 7.26 Å². The van der Waals surface area contributed by atoms with Gasteiger partial charge in [0.05, 0.1) is 11.9 Å². The minimum atomic E-state index is -0.672. The number of hydrogen-bond acceptors (Lipinski definition) is 2. The summed E-state index contributed by atoms with van der Waals surface area (Å²) in [5, 5.41) is 4.10. The predicted octanol–water partition coefficient (Wildman–Crippen LogP) is 1.49. The van der Waals surface area contributed by atoms with Crippen LogP contribution in [0, 0.1) is 0 Å². The summed E-state index contributed by atoms with van der Waals surface area (Å²) < 4.78 is 0. The molecular formula is C7H18N2P+. The highest BCUT2D eigenvalue weighted by atomic mass is 31.2. The molecule has 0 aromatic rings. The van der Waals surface area contributed by atoms with Crippen LogP contribution in [0.2, 0.25) is 0 Å². The number of hydrogen-bond donors (Lipinski definition) is 1. The second-order valence-electron chi connectivity index (χ2n) is 3.52.